The van der Waals surface area contributed by atoms with Gasteiger partial charge in [0.1, 0.15) is 0 Å². The molecule has 3 heteroatoms. The van der Waals surface area contributed by atoms with Gasteiger partial charge in [0, 0.05) is 11.3 Å². The lowest BCUT2D eigenvalue weighted by atomic mass is 10.2. The average molecular weight is 205 g/mol. The SMILES string of the molecule is CCCCCSC(CO)C(N)CC. The molecule has 0 aliphatic carbocycles. The molecule has 0 rings (SSSR count). The molecule has 13 heavy (non-hydrogen) atoms. The van der Waals surface area contributed by atoms with E-state index >= 15 is 0 Å². The number of aliphatic hydroxyl groups excluding tert-OH is 1. The summed E-state index contributed by atoms with van der Waals surface area (Å²) in [7, 11) is 0. The normalized spacial score (nSPS) is 15.7. The number of aliphatic hydroxyl groups is 1. The zero-order valence-corrected chi connectivity index (χ0v) is 9.65. The Morgan fingerprint density at radius 3 is 2.46 bits per heavy atom. The first-order chi connectivity index (χ1) is 6.26. The Hall–Kier alpha value is 0.270. The summed E-state index contributed by atoms with van der Waals surface area (Å²) >= 11 is 1.82. The van der Waals surface area contributed by atoms with E-state index in [9.17, 15) is 0 Å². The van der Waals surface area contributed by atoms with Crippen molar-refractivity contribution < 1.29 is 5.11 Å². The minimum absolute atomic E-state index is 0.150. The third-order valence-electron chi connectivity index (χ3n) is 2.21. The second kappa shape index (κ2) is 8.85. The van der Waals surface area contributed by atoms with Crippen molar-refractivity contribution in [1.29, 1.82) is 0 Å². The molecule has 80 valence electrons. The van der Waals surface area contributed by atoms with Crippen molar-refractivity contribution in [2.45, 2.75) is 50.8 Å². The summed E-state index contributed by atoms with van der Waals surface area (Å²) in [5.74, 6) is 1.13. The molecule has 2 nitrogen and oxygen atoms in total. The zero-order valence-electron chi connectivity index (χ0n) is 8.83. The van der Waals surface area contributed by atoms with Crippen molar-refractivity contribution in [2.75, 3.05) is 12.4 Å². The Kier molecular flexibility index (Phi) is 9.03. The molecule has 0 aromatic rings. The highest BCUT2D eigenvalue weighted by Crippen LogP contribution is 2.17. The van der Waals surface area contributed by atoms with Gasteiger partial charge in [-0.1, -0.05) is 26.7 Å². The van der Waals surface area contributed by atoms with Crippen LogP contribution in [0, 0.1) is 0 Å². The quantitative estimate of drug-likeness (QED) is 0.596. The van der Waals surface area contributed by atoms with Gasteiger partial charge in [0.15, 0.2) is 0 Å². The highest BCUT2D eigenvalue weighted by Gasteiger charge is 2.14. The highest BCUT2D eigenvalue weighted by molar-refractivity contribution is 7.99. The fourth-order valence-corrected chi connectivity index (χ4v) is 2.38. The molecule has 0 bridgehead atoms. The van der Waals surface area contributed by atoms with Crippen LogP contribution in [-0.2, 0) is 0 Å². The van der Waals surface area contributed by atoms with Crippen LogP contribution in [0.3, 0.4) is 0 Å². The number of rotatable bonds is 8. The molecule has 0 aromatic heterocycles. The third kappa shape index (κ3) is 6.36. The van der Waals surface area contributed by atoms with E-state index in [4.69, 9.17) is 10.8 Å². The standard InChI is InChI=1S/C10H23NOS/c1-3-5-6-7-13-10(8-12)9(11)4-2/h9-10,12H,3-8,11H2,1-2H3. The molecule has 0 heterocycles. The number of thioether (sulfide) groups is 1. The third-order valence-corrected chi connectivity index (χ3v) is 3.66. The van der Waals surface area contributed by atoms with Gasteiger partial charge >= 0.3 is 0 Å². The summed E-state index contributed by atoms with van der Waals surface area (Å²) in [6, 6.07) is 0.150. The van der Waals surface area contributed by atoms with Gasteiger partial charge in [0.25, 0.3) is 0 Å². The molecule has 0 aliphatic heterocycles. The van der Waals surface area contributed by atoms with E-state index in [0.717, 1.165) is 12.2 Å². The van der Waals surface area contributed by atoms with Gasteiger partial charge in [-0.05, 0) is 18.6 Å². The lowest BCUT2D eigenvalue weighted by Crippen LogP contribution is -2.34. The largest absolute Gasteiger partial charge is 0.395 e. The summed E-state index contributed by atoms with van der Waals surface area (Å²) in [6.07, 6.45) is 4.73. The van der Waals surface area contributed by atoms with Crippen molar-refractivity contribution in [3.05, 3.63) is 0 Å². The predicted octanol–water partition coefficient (Wildman–Crippen LogP) is 2.01. The molecular formula is C10H23NOS. The maximum Gasteiger partial charge on any atom is 0.0565 e. The van der Waals surface area contributed by atoms with Gasteiger partial charge in [-0.15, -0.1) is 0 Å². The predicted molar refractivity (Wildman–Crippen MR) is 61.1 cm³/mol. The van der Waals surface area contributed by atoms with Crippen molar-refractivity contribution in [3.8, 4) is 0 Å². The van der Waals surface area contributed by atoms with E-state index in [2.05, 4.69) is 13.8 Å². The molecule has 2 atom stereocenters. The second-order valence-electron chi connectivity index (χ2n) is 3.37. The van der Waals surface area contributed by atoms with E-state index in [0.29, 0.717) is 0 Å². The van der Waals surface area contributed by atoms with Gasteiger partial charge in [0.05, 0.1) is 6.61 Å². The Morgan fingerprint density at radius 2 is 2.00 bits per heavy atom. The van der Waals surface area contributed by atoms with Gasteiger partial charge in [0.2, 0.25) is 0 Å². The average Bonchev–Trinajstić information content (AvgIpc) is 2.17. The van der Waals surface area contributed by atoms with Crippen molar-refractivity contribution in [3.63, 3.8) is 0 Å². The van der Waals surface area contributed by atoms with Crippen LogP contribution in [0.15, 0.2) is 0 Å². The molecule has 0 aromatic carbocycles. The molecule has 3 N–H and O–H groups in total. The van der Waals surface area contributed by atoms with Crippen LogP contribution < -0.4 is 5.73 Å². The maximum atomic E-state index is 9.08. The summed E-state index contributed by atoms with van der Waals surface area (Å²) in [4.78, 5) is 0. The first-order valence-corrected chi connectivity index (χ1v) is 6.29. The molecule has 0 amide bonds. The van der Waals surface area contributed by atoms with Crippen LogP contribution in [0.1, 0.15) is 39.5 Å². The van der Waals surface area contributed by atoms with Crippen LogP contribution in [0.5, 0.6) is 0 Å². The van der Waals surface area contributed by atoms with E-state index < -0.39 is 0 Å². The number of hydrogen-bond acceptors (Lipinski definition) is 3. The lowest BCUT2D eigenvalue weighted by molar-refractivity contribution is 0.281. The second-order valence-corrected chi connectivity index (χ2v) is 4.72. The fraction of sp³-hybridized carbons (Fsp3) is 1.00. The van der Waals surface area contributed by atoms with Gasteiger partial charge < -0.3 is 10.8 Å². The van der Waals surface area contributed by atoms with Crippen LogP contribution in [0.2, 0.25) is 0 Å². The molecule has 0 spiro atoms. The van der Waals surface area contributed by atoms with Crippen LogP contribution >= 0.6 is 11.8 Å². The molecule has 0 saturated heterocycles. The van der Waals surface area contributed by atoms with Gasteiger partial charge in [-0.3, -0.25) is 0 Å². The van der Waals surface area contributed by atoms with Crippen LogP contribution in [-0.4, -0.2) is 28.8 Å². The van der Waals surface area contributed by atoms with Crippen molar-refractivity contribution in [1.82, 2.24) is 0 Å². The molecule has 0 aliphatic rings. The summed E-state index contributed by atoms with van der Waals surface area (Å²) in [5, 5.41) is 9.32. The topological polar surface area (TPSA) is 46.2 Å². The molecule has 0 saturated carbocycles. The Morgan fingerprint density at radius 1 is 1.31 bits per heavy atom. The van der Waals surface area contributed by atoms with Crippen molar-refractivity contribution in [2.24, 2.45) is 5.73 Å². The number of nitrogens with two attached hydrogens (primary N) is 1. The molecule has 2 unspecified atom stereocenters. The van der Waals surface area contributed by atoms with Crippen LogP contribution in [0.4, 0.5) is 0 Å². The number of hydrogen-bond donors (Lipinski definition) is 2. The van der Waals surface area contributed by atoms with E-state index in [1.165, 1.54) is 19.3 Å². The Labute approximate surface area is 86.3 Å². The van der Waals surface area contributed by atoms with Crippen LogP contribution in [0.25, 0.3) is 0 Å². The van der Waals surface area contributed by atoms with E-state index in [-0.39, 0.29) is 17.9 Å². The minimum atomic E-state index is 0.150. The summed E-state index contributed by atoms with van der Waals surface area (Å²) in [5.41, 5.74) is 5.86. The summed E-state index contributed by atoms with van der Waals surface area (Å²) < 4.78 is 0. The first-order valence-electron chi connectivity index (χ1n) is 5.24. The Bertz CT molecular complexity index is 111. The van der Waals surface area contributed by atoms with Crippen molar-refractivity contribution >= 4 is 11.8 Å². The summed E-state index contributed by atoms with van der Waals surface area (Å²) in [6.45, 7) is 4.48. The molecule has 0 radical (unpaired) electrons. The smallest absolute Gasteiger partial charge is 0.0565 e. The fourth-order valence-electron chi connectivity index (χ4n) is 1.16. The van der Waals surface area contributed by atoms with E-state index in [1.54, 1.807) is 0 Å². The van der Waals surface area contributed by atoms with Gasteiger partial charge in [-0.2, -0.15) is 11.8 Å². The molecular weight excluding hydrogens is 182 g/mol. The monoisotopic (exact) mass is 205 g/mol. The van der Waals surface area contributed by atoms with Gasteiger partial charge in [-0.25, -0.2) is 0 Å². The zero-order chi connectivity index (χ0) is 10.1. The highest BCUT2D eigenvalue weighted by atomic mass is 32.2. The lowest BCUT2D eigenvalue weighted by Gasteiger charge is -2.19. The molecule has 0 fully saturated rings. The first kappa shape index (κ1) is 13.3. The Balaban J connectivity index is 3.47. The van der Waals surface area contributed by atoms with E-state index in [1.807, 2.05) is 11.8 Å². The number of unbranched alkanes of at least 4 members (excludes halogenated alkanes) is 2. The maximum absolute atomic E-state index is 9.08. The minimum Gasteiger partial charge on any atom is -0.395 e.